The van der Waals surface area contributed by atoms with Gasteiger partial charge in [0.25, 0.3) is 0 Å². The highest BCUT2D eigenvalue weighted by atomic mass is 79.9. The van der Waals surface area contributed by atoms with E-state index >= 15 is 0 Å². The molecule has 0 aromatic heterocycles. The summed E-state index contributed by atoms with van der Waals surface area (Å²) in [5, 5.41) is 0. The maximum Gasteiger partial charge on any atom is 0.0148 e. The van der Waals surface area contributed by atoms with Crippen LogP contribution in [0, 0.1) is 17.8 Å². The van der Waals surface area contributed by atoms with Crippen LogP contribution >= 0.6 is 15.9 Å². The Balaban J connectivity index is 1.96. The van der Waals surface area contributed by atoms with Gasteiger partial charge in [0, 0.05) is 4.83 Å². The summed E-state index contributed by atoms with van der Waals surface area (Å²) in [5.74, 6) is 3.26. The topological polar surface area (TPSA) is 0 Å². The summed E-state index contributed by atoms with van der Waals surface area (Å²) in [6, 6.07) is 0. The number of hydrogen-bond acceptors (Lipinski definition) is 0. The molecule has 0 radical (unpaired) electrons. The molecule has 0 spiro atoms. The molecule has 0 heterocycles. The Labute approximate surface area is 71.5 Å². The molecule has 58 valence electrons. The third kappa shape index (κ3) is 1.13. The lowest BCUT2D eigenvalue weighted by atomic mass is 9.87. The summed E-state index contributed by atoms with van der Waals surface area (Å²) in [7, 11) is 0. The molecule has 2 saturated carbocycles. The zero-order chi connectivity index (χ0) is 7.14. The molecule has 4 atom stereocenters. The molecule has 4 unspecified atom stereocenters. The van der Waals surface area contributed by atoms with Crippen molar-refractivity contribution < 1.29 is 0 Å². The van der Waals surface area contributed by atoms with Crippen LogP contribution in [0.5, 0.6) is 0 Å². The monoisotopic (exact) mass is 202 g/mol. The van der Waals surface area contributed by atoms with Crippen molar-refractivity contribution in [3.8, 4) is 0 Å². The lowest BCUT2D eigenvalue weighted by Crippen LogP contribution is -2.17. The molecule has 0 nitrogen and oxygen atoms in total. The molecule has 10 heavy (non-hydrogen) atoms. The molecule has 0 aromatic rings. The first-order chi connectivity index (χ1) is 4.79. The number of halogens is 1. The van der Waals surface area contributed by atoms with Crippen molar-refractivity contribution in [3.63, 3.8) is 0 Å². The number of alkyl halides is 1. The quantitative estimate of drug-likeness (QED) is 0.574. The second kappa shape index (κ2) is 2.51. The number of fused-ring (bicyclic) bond motifs is 1. The lowest BCUT2D eigenvalue weighted by Gasteiger charge is -2.23. The molecule has 2 fully saturated rings. The SMILES string of the molecule is CC(Br)C1CCCC2CC21. The van der Waals surface area contributed by atoms with E-state index in [4.69, 9.17) is 0 Å². The maximum absolute atomic E-state index is 3.70. The molecule has 0 aliphatic heterocycles. The first-order valence-electron chi connectivity index (χ1n) is 4.43. The Morgan fingerprint density at radius 2 is 2.20 bits per heavy atom. The van der Waals surface area contributed by atoms with E-state index in [0.29, 0.717) is 0 Å². The van der Waals surface area contributed by atoms with Crippen LogP contribution < -0.4 is 0 Å². The van der Waals surface area contributed by atoms with E-state index in [2.05, 4.69) is 22.9 Å². The first kappa shape index (κ1) is 7.15. The van der Waals surface area contributed by atoms with Crippen LogP contribution in [0.3, 0.4) is 0 Å². The highest BCUT2D eigenvalue weighted by Crippen LogP contribution is 2.54. The van der Waals surface area contributed by atoms with E-state index in [1.54, 1.807) is 6.42 Å². The lowest BCUT2D eigenvalue weighted by molar-refractivity contribution is 0.337. The van der Waals surface area contributed by atoms with Crippen LogP contribution in [-0.2, 0) is 0 Å². The van der Waals surface area contributed by atoms with Gasteiger partial charge in [0.15, 0.2) is 0 Å². The molecule has 0 saturated heterocycles. The molecular weight excluding hydrogens is 188 g/mol. The summed E-state index contributed by atoms with van der Waals surface area (Å²) < 4.78 is 0. The van der Waals surface area contributed by atoms with Crippen LogP contribution in [0.2, 0.25) is 0 Å². The van der Waals surface area contributed by atoms with Gasteiger partial charge in [0.05, 0.1) is 0 Å². The van der Waals surface area contributed by atoms with Crippen LogP contribution in [0.15, 0.2) is 0 Å². The van der Waals surface area contributed by atoms with Gasteiger partial charge in [-0.3, -0.25) is 0 Å². The number of hydrogen-bond donors (Lipinski definition) is 0. The predicted molar refractivity (Wildman–Crippen MR) is 47.3 cm³/mol. The van der Waals surface area contributed by atoms with Crippen molar-refractivity contribution >= 4 is 15.9 Å². The zero-order valence-corrected chi connectivity index (χ0v) is 8.10. The molecule has 0 aromatic carbocycles. The standard InChI is InChI=1S/C9H15Br/c1-6(10)8-4-2-3-7-5-9(7)8/h6-9H,2-5H2,1H3. The fraction of sp³-hybridized carbons (Fsp3) is 1.00. The largest absolute Gasteiger partial charge is 0.0891 e. The van der Waals surface area contributed by atoms with Gasteiger partial charge < -0.3 is 0 Å². The van der Waals surface area contributed by atoms with Gasteiger partial charge in [-0.15, -0.1) is 0 Å². The van der Waals surface area contributed by atoms with Gasteiger partial charge in [-0.2, -0.15) is 0 Å². The molecular formula is C9H15Br. The van der Waals surface area contributed by atoms with Crippen molar-refractivity contribution in [2.45, 2.75) is 37.4 Å². The number of rotatable bonds is 1. The molecule has 1 heteroatoms. The third-order valence-corrected chi connectivity index (χ3v) is 3.91. The Morgan fingerprint density at radius 3 is 2.80 bits per heavy atom. The average molecular weight is 203 g/mol. The van der Waals surface area contributed by atoms with Crippen LogP contribution in [0.4, 0.5) is 0 Å². The Hall–Kier alpha value is 0.480. The molecule has 2 aliphatic rings. The van der Waals surface area contributed by atoms with Crippen LogP contribution in [0.1, 0.15) is 32.6 Å². The molecule has 2 rings (SSSR count). The van der Waals surface area contributed by atoms with Gasteiger partial charge in [-0.05, 0) is 30.6 Å². The normalized spacial score (nSPS) is 48.0. The molecule has 0 N–H and O–H groups in total. The maximum atomic E-state index is 3.70. The zero-order valence-electron chi connectivity index (χ0n) is 6.52. The third-order valence-electron chi connectivity index (χ3n) is 3.23. The van der Waals surface area contributed by atoms with Crippen molar-refractivity contribution in [2.24, 2.45) is 17.8 Å². The van der Waals surface area contributed by atoms with E-state index in [9.17, 15) is 0 Å². The van der Waals surface area contributed by atoms with Gasteiger partial charge >= 0.3 is 0 Å². The summed E-state index contributed by atoms with van der Waals surface area (Å²) >= 11 is 3.70. The van der Waals surface area contributed by atoms with Crippen LogP contribution in [-0.4, -0.2) is 4.83 Å². The first-order valence-corrected chi connectivity index (χ1v) is 5.34. The Kier molecular flexibility index (Phi) is 1.79. The Bertz CT molecular complexity index is 131. The van der Waals surface area contributed by atoms with E-state index in [-0.39, 0.29) is 0 Å². The second-order valence-electron chi connectivity index (χ2n) is 3.93. The van der Waals surface area contributed by atoms with Gasteiger partial charge in [0.1, 0.15) is 0 Å². The molecule has 0 bridgehead atoms. The highest BCUT2D eigenvalue weighted by Gasteiger charge is 2.46. The smallest absolute Gasteiger partial charge is 0.0148 e. The van der Waals surface area contributed by atoms with Gasteiger partial charge in [-0.25, -0.2) is 0 Å². The predicted octanol–water partition coefficient (Wildman–Crippen LogP) is 3.21. The van der Waals surface area contributed by atoms with E-state index in [1.165, 1.54) is 19.3 Å². The minimum atomic E-state index is 0.766. The molecule has 2 aliphatic carbocycles. The van der Waals surface area contributed by atoms with Crippen molar-refractivity contribution in [2.75, 3.05) is 0 Å². The average Bonchev–Trinajstić information content (AvgIpc) is 2.63. The Morgan fingerprint density at radius 1 is 1.40 bits per heavy atom. The highest BCUT2D eigenvalue weighted by molar-refractivity contribution is 9.09. The fourth-order valence-electron chi connectivity index (χ4n) is 2.53. The molecule has 0 amide bonds. The fourth-order valence-corrected chi connectivity index (χ4v) is 3.18. The van der Waals surface area contributed by atoms with Crippen molar-refractivity contribution in [3.05, 3.63) is 0 Å². The minimum Gasteiger partial charge on any atom is -0.0891 e. The summed E-state index contributed by atoms with van der Waals surface area (Å²) in [5.41, 5.74) is 0. The summed E-state index contributed by atoms with van der Waals surface area (Å²) in [6.07, 6.45) is 6.04. The minimum absolute atomic E-state index is 0.766. The summed E-state index contributed by atoms with van der Waals surface area (Å²) in [4.78, 5) is 0.766. The van der Waals surface area contributed by atoms with E-state index in [1.807, 2.05) is 0 Å². The van der Waals surface area contributed by atoms with Gasteiger partial charge in [0.2, 0.25) is 0 Å². The van der Waals surface area contributed by atoms with Gasteiger partial charge in [-0.1, -0.05) is 35.7 Å². The second-order valence-corrected chi connectivity index (χ2v) is 5.38. The summed E-state index contributed by atoms with van der Waals surface area (Å²) in [6.45, 7) is 2.31. The van der Waals surface area contributed by atoms with Crippen molar-refractivity contribution in [1.82, 2.24) is 0 Å². The van der Waals surface area contributed by atoms with Crippen molar-refractivity contribution in [1.29, 1.82) is 0 Å². The van der Waals surface area contributed by atoms with E-state index < -0.39 is 0 Å². The van der Waals surface area contributed by atoms with Crippen LogP contribution in [0.25, 0.3) is 0 Å². The van der Waals surface area contributed by atoms with E-state index in [0.717, 1.165) is 22.6 Å².